The van der Waals surface area contributed by atoms with Gasteiger partial charge in [0.15, 0.2) is 0 Å². The Bertz CT molecular complexity index is 444. The Morgan fingerprint density at radius 2 is 2.12 bits per heavy atom. The van der Waals surface area contributed by atoms with Crippen molar-refractivity contribution < 1.29 is 0 Å². The van der Waals surface area contributed by atoms with Gasteiger partial charge in [-0.15, -0.1) is 0 Å². The molecule has 17 heavy (non-hydrogen) atoms. The highest BCUT2D eigenvalue weighted by atomic mass is 79.9. The van der Waals surface area contributed by atoms with Gasteiger partial charge in [0, 0.05) is 4.47 Å². The van der Waals surface area contributed by atoms with Crippen LogP contribution in [0.15, 0.2) is 28.7 Å². The van der Waals surface area contributed by atoms with Crippen molar-refractivity contribution >= 4 is 15.9 Å². The van der Waals surface area contributed by atoms with Gasteiger partial charge in [-0.2, -0.15) is 5.26 Å². The number of halogens is 1. The van der Waals surface area contributed by atoms with Crippen LogP contribution in [0.5, 0.6) is 0 Å². The molecule has 1 aliphatic rings. The fourth-order valence-electron chi connectivity index (χ4n) is 2.79. The van der Waals surface area contributed by atoms with Crippen LogP contribution in [0.4, 0.5) is 0 Å². The molecule has 0 unspecified atom stereocenters. The van der Waals surface area contributed by atoms with E-state index in [9.17, 15) is 5.26 Å². The van der Waals surface area contributed by atoms with Gasteiger partial charge in [-0.1, -0.05) is 28.1 Å². The van der Waals surface area contributed by atoms with Crippen LogP contribution in [0.2, 0.25) is 0 Å². The summed E-state index contributed by atoms with van der Waals surface area (Å²) in [5.74, 6) is 1.17. The van der Waals surface area contributed by atoms with E-state index in [0.29, 0.717) is 11.8 Å². The quantitative estimate of drug-likeness (QED) is 0.762. The standard InChI is InChI=1S/C15H18BrN/c1-15(2,10-17)13-7-6-12(8-13)11-4-3-5-14(16)9-11/h3-5,9,12-13H,6-8H2,1-2H3/t12-,13+/m1/s1. The maximum absolute atomic E-state index is 9.20. The molecule has 2 atom stereocenters. The minimum Gasteiger partial charge on any atom is -0.198 e. The highest BCUT2D eigenvalue weighted by Crippen LogP contribution is 2.46. The summed E-state index contributed by atoms with van der Waals surface area (Å²) >= 11 is 3.53. The van der Waals surface area contributed by atoms with Crippen LogP contribution in [0.3, 0.4) is 0 Å². The smallest absolute Gasteiger partial charge is 0.0686 e. The average molecular weight is 292 g/mol. The number of hydrogen-bond acceptors (Lipinski definition) is 1. The highest BCUT2D eigenvalue weighted by molar-refractivity contribution is 9.10. The molecule has 1 aliphatic carbocycles. The molecule has 0 aromatic heterocycles. The van der Waals surface area contributed by atoms with Crippen LogP contribution in [-0.2, 0) is 0 Å². The van der Waals surface area contributed by atoms with E-state index in [4.69, 9.17) is 0 Å². The summed E-state index contributed by atoms with van der Waals surface area (Å²) in [5, 5.41) is 9.20. The summed E-state index contributed by atoms with van der Waals surface area (Å²) < 4.78 is 1.15. The van der Waals surface area contributed by atoms with Gasteiger partial charge in [-0.25, -0.2) is 0 Å². The van der Waals surface area contributed by atoms with Crippen molar-refractivity contribution in [3.05, 3.63) is 34.3 Å². The molecule has 0 amide bonds. The van der Waals surface area contributed by atoms with Crippen LogP contribution in [-0.4, -0.2) is 0 Å². The van der Waals surface area contributed by atoms with Crippen molar-refractivity contribution in [2.24, 2.45) is 11.3 Å². The van der Waals surface area contributed by atoms with E-state index in [0.717, 1.165) is 10.9 Å². The van der Waals surface area contributed by atoms with Crippen molar-refractivity contribution in [1.29, 1.82) is 5.26 Å². The van der Waals surface area contributed by atoms with Gasteiger partial charge in [0.2, 0.25) is 0 Å². The minimum absolute atomic E-state index is 0.180. The van der Waals surface area contributed by atoms with Gasteiger partial charge in [0.25, 0.3) is 0 Å². The molecule has 2 heteroatoms. The normalized spacial score (nSPS) is 24.6. The zero-order chi connectivity index (χ0) is 12.5. The molecule has 90 valence electrons. The van der Waals surface area contributed by atoms with Crippen molar-refractivity contribution in [3.8, 4) is 6.07 Å². The van der Waals surface area contributed by atoms with E-state index >= 15 is 0 Å². The summed E-state index contributed by atoms with van der Waals surface area (Å²) in [6, 6.07) is 11.0. The first-order valence-electron chi connectivity index (χ1n) is 6.19. The summed E-state index contributed by atoms with van der Waals surface area (Å²) in [4.78, 5) is 0. The third kappa shape index (κ3) is 2.72. The van der Waals surface area contributed by atoms with Crippen LogP contribution >= 0.6 is 15.9 Å². The van der Waals surface area contributed by atoms with Crippen LogP contribution in [0.25, 0.3) is 0 Å². The Labute approximate surface area is 112 Å². The second-order valence-corrected chi connectivity index (χ2v) is 6.51. The number of hydrogen-bond donors (Lipinski definition) is 0. The van der Waals surface area contributed by atoms with E-state index < -0.39 is 0 Å². The summed E-state index contributed by atoms with van der Waals surface area (Å²) in [6.45, 7) is 4.14. The van der Waals surface area contributed by atoms with Crippen molar-refractivity contribution in [2.75, 3.05) is 0 Å². The highest BCUT2D eigenvalue weighted by Gasteiger charge is 2.36. The van der Waals surface area contributed by atoms with Crippen molar-refractivity contribution in [1.82, 2.24) is 0 Å². The molecule has 0 spiro atoms. The van der Waals surface area contributed by atoms with Gasteiger partial charge in [0.1, 0.15) is 0 Å². The van der Waals surface area contributed by atoms with Crippen molar-refractivity contribution in [2.45, 2.75) is 39.0 Å². The Balaban J connectivity index is 2.11. The summed E-state index contributed by atoms with van der Waals surface area (Å²) in [6.07, 6.45) is 3.54. The number of rotatable bonds is 2. The maximum Gasteiger partial charge on any atom is 0.0686 e. The fourth-order valence-corrected chi connectivity index (χ4v) is 3.21. The molecule has 1 saturated carbocycles. The maximum atomic E-state index is 9.20. The third-order valence-corrected chi connectivity index (χ3v) is 4.55. The molecule has 1 fully saturated rings. The fraction of sp³-hybridized carbons (Fsp3) is 0.533. The number of benzene rings is 1. The van der Waals surface area contributed by atoms with Gasteiger partial charge < -0.3 is 0 Å². The lowest BCUT2D eigenvalue weighted by molar-refractivity contribution is 0.297. The first-order chi connectivity index (χ1) is 8.03. The zero-order valence-electron chi connectivity index (χ0n) is 10.4. The molecular formula is C15H18BrN. The van der Waals surface area contributed by atoms with Crippen molar-refractivity contribution in [3.63, 3.8) is 0 Å². The van der Waals surface area contributed by atoms with E-state index in [1.165, 1.54) is 18.4 Å². The first-order valence-corrected chi connectivity index (χ1v) is 6.99. The van der Waals surface area contributed by atoms with Gasteiger partial charge in [-0.05, 0) is 62.6 Å². The Morgan fingerprint density at radius 3 is 2.76 bits per heavy atom. The lowest BCUT2D eigenvalue weighted by Gasteiger charge is -2.23. The number of nitrogens with zero attached hydrogens (tertiary/aromatic N) is 1. The van der Waals surface area contributed by atoms with E-state index in [-0.39, 0.29) is 5.41 Å². The van der Waals surface area contributed by atoms with Gasteiger partial charge in [0.05, 0.1) is 11.5 Å². The van der Waals surface area contributed by atoms with E-state index in [2.05, 4.69) is 60.1 Å². The summed E-state index contributed by atoms with van der Waals surface area (Å²) in [5.41, 5.74) is 1.23. The SMILES string of the molecule is CC(C)(C#N)[C@H]1CC[C@@H](c2cccc(Br)c2)C1. The van der Waals surface area contributed by atoms with Crippen LogP contribution in [0.1, 0.15) is 44.6 Å². The second kappa shape index (κ2) is 4.82. The van der Waals surface area contributed by atoms with E-state index in [1.54, 1.807) is 0 Å². The molecule has 1 aromatic carbocycles. The molecule has 0 saturated heterocycles. The molecule has 0 bridgehead atoms. The molecule has 0 aliphatic heterocycles. The molecule has 2 rings (SSSR count). The predicted molar refractivity (Wildman–Crippen MR) is 73.6 cm³/mol. The lowest BCUT2D eigenvalue weighted by atomic mass is 9.78. The number of nitriles is 1. The first kappa shape index (κ1) is 12.6. The average Bonchev–Trinajstić information content (AvgIpc) is 2.79. The molecule has 1 nitrogen and oxygen atoms in total. The third-order valence-electron chi connectivity index (χ3n) is 4.06. The van der Waals surface area contributed by atoms with E-state index in [1.807, 2.05) is 0 Å². The molecular weight excluding hydrogens is 274 g/mol. The molecule has 1 aromatic rings. The zero-order valence-corrected chi connectivity index (χ0v) is 12.0. The minimum atomic E-state index is -0.180. The molecule has 0 heterocycles. The Hall–Kier alpha value is -0.810. The van der Waals surface area contributed by atoms with Crippen LogP contribution < -0.4 is 0 Å². The summed E-state index contributed by atoms with van der Waals surface area (Å²) in [7, 11) is 0. The molecule has 0 N–H and O–H groups in total. The lowest BCUT2D eigenvalue weighted by Crippen LogP contribution is -2.19. The molecule has 0 radical (unpaired) electrons. The van der Waals surface area contributed by atoms with Gasteiger partial charge >= 0.3 is 0 Å². The topological polar surface area (TPSA) is 23.8 Å². The van der Waals surface area contributed by atoms with Gasteiger partial charge in [-0.3, -0.25) is 0 Å². The second-order valence-electron chi connectivity index (χ2n) is 5.60. The Kier molecular flexibility index (Phi) is 3.58. The Morgan fingerprint density at radius 1 is 1.35 bits per heavy atom. The largest absolute Gasteiger partial charge is 0.198 e. The van der Waals surface area contributed by atoms with Crippen LogP contribution in [0, 0.1) is 22.7 Å². The monoisotopic (exact) mass is 291 g/mol. The predicted octanol–water partition coefficient (Wildman–Crippen LogP) is 4.88.